The predicted octanol–water partition coefficient (Wildman–Crippen LogP) is 2.90. The van der Waals surface area contributed by atoms with Crippen molar-refractivity contribution in [2.75, 3.05) is 6.54 Å². The van der Waals surface area contributed by atoms with Gasteiger partial charge in [-0.15, -0.1) is 0 Å². The molecule has 0 saturated carbocycles. The van der Waals surface area contributed by atoms with Gasteiger partial charge in [-0.3, -0.25) is 0 Å². The van der Waals surface area contributed by atoms with Gasteiger partial charge in [0.05, 0.1) is 5.52 Å². The number of benzene rings is 1. The molecule has 1 N–H and O–H groups in total. The topological polar surface area (TPSA) is 47.2 Å². The monoisotopic (exact) mass is 278 g/mol. The molecule has 0 radical (unpaired) electrons. The molecule has 0 amide bonds. The Morgan fingerprint density at radius 2 is 2.11 bits per heavy atom. The highest BCUT2D eigenvalue weighted by Crippen LogP contribution is 2.11. The van der Waals surface area contributed by atoms with Crippen molar-refractivity contribution in [2.24, 2.45) is 0 Å². The molecule has 5 heteroatoms. The second-order valence-electron chi connectivity index (χ2n) is 4.46. The third-order valence-corrected chi connectivity index (χ3v) is 3.32. The second kappa shape index (κ2) is 6.52. The number of nitrogens with one attached hydrogen (secondary N) is 1. The van der Waals surface area contributed by atoms with E-state index >= 15 is 0 Å². The highest BCUT2D eigenvalue weighted by molar-refractivity contribution is 7.80. The molecular weight excluding hydrogens is 260 g/mol. The number of thiocarbonyl (C=S) groups is 1. The number of hydrogen-bond donors (Lipinski definition) is 1. The average molecular weight is 278 g/mol. The van der Waals surface area contributed by atoms with E-state index in [1.54, 1.807) is 6.07 Å². The van der Waals surface area contributed by atoms with Gasteiger partial charge in [-0.2, -0.15) is 0 Å². The molecule has 2 aromatic rings. The van der Waals surface area contributed by atoms with Gasteiger partial charge < -0.3 is 9.73 Å². The highest BCUT2D eigenvalue weighted by atomic mass is 32.1. The third-order valence-electron chi connectivity index (χ3n) is 3.00. The normalized spacial score (nSPS) is 10.8. The van der Waals surface area contributed by atoms with Crippen molar-refractivity contribution in [3.05, 3.63) is 34.8 Å². The van der Waals surface area contributed by atoms with Crippen molar-refractivity contribution in [2.45, 2.75) is 32.6 Å². The largest absolute Gasteiger partial charge is 0.426 e. The summed E-state index contributed by atoms with van der Waals surface area (Å²) >= 11 is 5.26. The summed E-state index contributed by atoms with van der Waals surface area (Å²) in [5.74, 6) is -0.438. The fourth-order valence-corrected chi connectivity index (χ4v) is 2.26. The lowest BCUT2D eigenvalue weighted by Gasteiger charge is -2.07. The molecule has 0 unspecified atom stereocenters. The van der Waals surface area contributed by atoms with Crippen molar-refractivity contribution >= 4 is 28.4 Å². The molecule has 0 saturated heterocycles. The van der Waals surface area contributed by atoms with E-state index in [4.69, 9.17) is 16.6 Å². The van der Waals surface area contributed by atoms with Crippen LogP contribution in [0.4, 0.5) is 0 Å². The van der Waals surface area contributed by atoms with Crippen molar-refractivity contribution in [1.82, 2.24) is 9.88 Å². The number of rotatable bonds is 5. The third kappa shape index (κ3) is 3.23. The van der Waals surface area contributed by atoms with Crippen LogP contribution in [0.25, 0.3) is 11.1 Å². The summed E-state index contributed by atoms with van der Waals surface area (Å²) in [5, 5.41) is 3.52. The first-order valence-electron chi connectivity index (χ1n) is 6.63. The SMILES string of the molecule is CCCCCCNC(=S)n1c(=O)oc2ccccc21. The Balaban J connectivity index is 2.05. The van der Waals surface area contributed by atoms with Crippen LogP contribution in [-0.2, 0) is 0 Å². The van der Waals surface area contributed by atoms with Gasteiger partial charge in [0.15, 0.2) is 10.7 Å². The van der Waals surface area contributed by atoms with Crippen molar-refractivity contribution in [3.8, 4) is 0 Å². The predicted molar refractivity (Wildman–Crippen MR) is 80.6 cm³/mol. The molecule has 0 aliphatic carbocycles. The second-order valence-corrected chi connectivity index (χ2v) is 4.85. The Hall–Kier alpha value is -1.62. The smallest absolute Gasteiger partial charge is 0.407 e. The first-order valence-corrected chi connectivity index (χ1v) is 7.03. The quantitative estimate of drug-likeness (QED) is 0.675. The van der Waals surface area contributed by atoms with Gasteiger partial charge in [-0.1, -0.05) is 38.3 Å². The van der Waals surface area contributed by atoms with E-state index in [0.717, 1.165) is 13.0 Å². The van der Waals surface area contributed by atoms with E-state index in [1.165, 1.54) is 23.8 Å². The van der Waals surface area contributed by atoms with Crippen molar-refractivity contribution in [3.63, 3.8) is 0 Å². The molecule has 19 heavy (non-hydrogen) atoms. The van der Waals surface area contributed by atoms with Crippen LogP contribution in [0.15, 0.2) is 33.5 Å². The van der Waals surface area contributed by atoms with Crippen molar-refractivity contribution in [1.29, 1.82) is 0 Å². The Labute approximate surface area is 117 Å². The Bertz CT molecular complexity index is 615. The first kappa shape index (κ1) is 13.8. The summed E-state index contributed by atoms with van der Waals surface area (Å²) in [4.78, 5) is 11.8. The number of fused-ring (bicyclic) bond motifs is 1. The molecule has 2 rings (SSSR count). The molecule has 1 aromatic carbocycles. The lowest BCUT2D eigenvalue weighted by atomic mass is 10.2. The zero-order valence-corrected chi connectivity index (χ0v) is 11.8. The summed E-state index contributed by atoms with van der Waals surface area (Å²) in [6.07, 6.45) is 4.66. The van der Waals surface area contributed by atoms with Gasteiger partial charge in [0.1, 0.15) is 0 Å². The maximum absolute atomic E-state index is 11.8. The van der Waals surface area contributed by atoms with E-state index in [2.05, 4.69) is 12.2 Å². The lowest BCUT2D eigenvalue weighted by molar-refractivity contribution is 0.543. The van der Waals surface area contributed by atoms with Gasteiger partial charge in [-0.25, -0.2) is 9.36 Å². The molecule has 102 valence electrons. The minimum atomic E-state index is -0.438. The molecule has 0 atom stereocenters. The Morgan fingerprint density at radius 1 is 1.32 bits per heavy atom. The number of oxazole rings is 1. The standard InChI is InChI=1S/C14H18N2O2S/c1-2-3-4-7-10-15-13(19)16-11-8-5-6-9-12(11)18-14(16)17/h5-6,8-9H,2-4,7,10H2,1H3,(H,15,19). The van der Waals surface area contributed by atoms with Crippen LogP contribution >= 0.6 is 12.2 Å². The summed E-state index contributed by atoms with van der Waals surface area (Å²) in [5.41, 5.74) is 1.26. The summed E-state index contributed by atoms with van der Waals surface area (Å²) in [6, 6.07) is 7.27. The van der Waals surface area contributed by atoms with Crippen LogP contribution in [0.5, 0.6) is 0 Å². The summed E-state index contributed by atoms with van der Waals surface area (Å²) in [7, 11) is 0. The van der Waals surface area contributed by atoms with Gasteiger partial charge in [0.2, 0.25) is 0 Å². The molecule has 0 bridgehead atoms. The van der Waals surface area contributed by atoms with Crippen molar-refractivity contribution < 1.29 is 4.42 Å². The maximum Gasteiger partial charge on any atom is 0.426 e. The number of para-hydroxylation sites is 2. The molecule has 4 nitrogen and oxygen atoms in total. The summed E-state index contributed by atoms with van der Waals surface area (Å²) in [6.45, 7) is 2.96. The molecular formula is C14H18N2O2S. The molecule has 1 aromatic heterocycles. The van der Waals surface area contributed by atoms with E-state index in [-0.39, 0.29) is 0 Å². The molecule has 0 spiro atoms. The Morgan fingerprint density at radius 3 is 2.89 bits per heavy atom. The van der Waals surface area contributed by atoms with Crippen LogP contribution in [0, 0.1) is 0 Å². The lowest BCUT2D eigenvalue weighted by Crippen LogP contribution is -2.34. The Kier molecular flexibility index (Phi) is 4.74. The van der Waals surface area contributed by atoms with E-state index in [0.29, 0.717) is 16.2 Å². The fourth-order valence-electron chi connectivity index (χ4n) is 1.98. The van der Waals surface area contributed by atoms with Crippen LogP contribution in [0.1, 0.15) is 32.6 Å². The van der Waals surface area contributed by atoms with Crippen LogP contribution < -0.4 is 11.1 Å². The number of hydrogen-bond acceptors (Lipinski definition) is 3. The minimum Gasteiger partial charge on any atom is -0.407 e. The number of nitrogens with zero attached hydrogens (tertiary/aromatic N) is 1. The highest BCUT2D eigenvalue weighted by Gasteiger charge is 2.11. The van der Waals surface area contributed by atoms with Crippen LogP contribution in [0.3, 0.4) is 0 Å². The van der Waals surface area contributed by atoms with Crippen LogP contribution in [-0.4, -0.2) is 16.2 Å². The number of unbranched alkanes of at least 4 members (excludes halogenated alkanes) is 3. The molecule has 0 aliphatic heterocycles. The van der Waals surface area contributed by atoms with Gasteiger partial charge in [0, 0.05) is 6.54 Å². The minimum absolute atomic E-state index is 0.409. The van der Waals surface area contributed by atoms with Crippen LogP contribution in [0.2, 0.25) is 0 Å². The average Bonchev–Trinajstić information content (AvgIpc) is 2.74. The number of aromatic nitrogens is 1. The van der Waals surface area contributed by atoms with Gasteiger partial charge in [-0.05, 0) is 30.8 Å². The molecule has 1 heterocycles. The maximum atomic E-state index is 11.8. The zero-order chi connectivity index (χ0) is 13.7. The molecule has 0 fully saturated rings. The summed E-state index contributed by atoms with van der Waals surface area (Å²) < 4.78 is 6.55. The molecule has 0 aliphatic rings. The van der Waals surface area contributed by atoms with Gasteiger partial charge >= 0.3 is 5.76 Å². The zero-order valence-electron chi connectivity index (χ0n) is 11.0. The van der Waals surface area contributed by atoms with E-state index in [9.17, 15) is 4.79 Å². The van der Waals surface area contributed by atoms with E-state index < -0.39 is 5.76 Å². The first-order chi connectivity index (χ1) is 9.24. The van der Waals surface area contributed by atoms with Gasteiger partial charge in [0.25, 0.3) is 0 Å². The fraction of sp³-hybridized carbons (Fsp3) is 0.429. The van der Waals surface area contributed by atoms with E-state index in [1.807, 2.05) is 18.2 Å².